The Balaban J connectivity index is 2.41. The maximum atomic E-state index is 13.7. The van der Waals surface area contributed by atoms with Gasteiger partial charge in [-0.1, -0.05) is 23.7 Å². The van der Waals surface area contributed by atoms with E-state index < -0.39 is 20.7 Å². The summed E-state index contributed by atoms with van der Waals surface area (Å²) in [6.07, 6.45) is 0. The molecule has 0 atom stereocenters. The molecular weight excluding hydrogens is 291 g/mol. The van der Waals surface area contributed by atoms with Gasteiger partial charge in [0.1, 0.15) is 4.90 Å². The van der Waals surface area contributed by atoms with Crippen LogP contribution in [0.4, 0.5) is 15.8 Å². The maximum Gasteiger partial charge on any atom is 0.264 e. The minimum atomic E-state index is -4.05. The van der Waals surface area contributed by atoms with Gasteiger partial charge in [0.25, 0.3) is 10.0 Å². The Morgan fingerprint density at radius 2 is 1.84 bits per heavy atom. The molecule has 0 amide bonds. The molecule has 0 saturated heterocycles. The topological polar surface area (TPSA) is 72.2 Å². The molecule has 2 aromatic carbocycles. The van der Waals surface area contributed by atoms with Crippen LogP contribution in [0.2, 0.25) is 5.02 Å². The lowest BCUT2D eigenvalue weighted by Crippen LogP contribution is -2.14. The summed E-state index contributed by atoms with van der Waals surface area (Å²) >= 11 is 5.56. The van der Waals surface area contributed by atoms with Crippen molar-refractivity contribution in [2.45, 2.75) is 4.90 Å². The van der Waals surface area contributed by atoms with Gasteiger partial charge in [0.15, 0.2) is 5.82 Å². The molecule has 4 nitrogen and oxygen atoms in total. The fourth-order valence-corrected chi connectivity index (χ4v) is 2.89. The van der Waals surface area contributed by atoms with Crippen molar-refractivity contribution in [2.75, 3.05) is 10.5 Å². The zero-order valence-corrected chi connectivity index (χ0v) is 11.2. The summed E-state index contributed by atoms with van der Waals surface area (Å²) in [5, 5.41) is -0.254. The highest BCUT2D eigenvalue weighted by atomic mass is 35.5. The Kier molecular flexibility index (Phi) is 3.64. The van der Waals surface area contributed by atoms with Gasteiger partial charge in [-0.3, -0.25) is 4.72 Å². The number of nitrogens with two attached hydrogens (primary N) is 1. The molecule has 0 unspecified atom stereocenters. The second kappa shape index (κ2) is 5.07. The molecule has 0 saturated carbocycles. The molecule has 19 heavy (non-hydrogen) atoms. The van der Waals surface area contributed by atoms with Crippen molar-refractivity contribution in [1.29, 1.82) is 0 Å². The van der Waals surface area contributed by atoms with Crippen LogP contribution in [0.3, 0.4) is 0 Å². The Bertz CT molecular complexity index is 719. The molecule has 0 spiro atoms. The van der Waals surface area contributed by atoms with Crippen LogP contribution >= 0.6 is 11.6 Å². The van der Waals surface area contributed by atoms with E-state index in [2.05, 4.69) is 4.72 Å². The van der Waals surface area contributed by atoms with Crippen LogP contribution < -0.4 is 10.5 Å². The molecular formula is C12H10ClFN2O2S. The third kappa shape index (κ3) is 2.97. The van der Waals surface area contributed by atoms with E-state index in [9.17, 15) is 12.8 Å². The van der Waals surface area contributed by atoms with Gasteiger partial charge in [-0.15, -0.1) is 0 Å². The van der Waals surface area contributed by atoms with Gasteiger partial charge in [0.2, 0.25) is 0 Å². The molecule has 0 aliphatic carbocycles. The molecule has 2 rings (SSSR count). The number of nitrogen functional groups attached to an aromatic ring is 1. The first-order valence-corrected chi connectivity index (χ1v) is 7.08. The monoisotopic (exact) mass is 300 g/mol. The average molecular weight is 301 g/mol. The van der Waals surface area contributed by atoms with Gasteiger partial charge in [-0.2, -0.15) is 0 Å². The highest BCUT2D eigenvalue weighted by Gasteiger charge is 2.20. The second-order valence-corrected chi connectivity index (χ2v) is 5.84. The quantitative estimate of drug-likeness (QED) is 0.856. The van der Waals surface area contributed by atoms with Crippen LogP contribution in [0.15, 0.2) is 47.4 Å². The molecule has 0 fully saturated rings. The molecule has 0 bridgehead atoms. The number of halogens is 2. The highest BCUT2D eigenvalue weighted by molar-refractivity contribution is 7.92. The lowest BCUT2D eigenvalue weighted by molar-refractivity contribution is 0.570. The Morgan fingerprint density at radius 1 is 1.16 bits per heavy atom. The molecule has 0 aliphatic heterocycles. The average Bonchev–Trinajstić information content (AvgIpc) is 2.32. The van der Waals surface area contributed by atoms with E-state index in [0.29, 0.717) is 5.69 Å². The third-order valence-corrected chi connectivity index (χ3v) is 4.04. The highest BCUT2D eigenvalue weighted by Crippen LogP contribution is 2.24. The Hall–Kier alpha value is -1.79. The van der Waals surface area contributed by atoms with Crippen LogP contribution in [0.25, 0.3) is 0 Å². The summed E-state index contributed by atoms with van der Waals surface area (Å²) in [5.74, 6) is -0.986. The predicted octanol–water partition coefficient (Wildman–Crippen LogP) is 2.86. The van der Waals surface area contributed by atoms with Crippen LogP contribution in [-0.2, 0) is 10.0 Å². The molecule has 3 N–H and O–H groups in total. The summed E-state index contributed by atoms with van der Waals surface area (Å²) in [6, 6.07) is 9.90. The van der Waals surface area contributed by atoms with Gasteiger partial charge in [0.05, 0.1) is 10.7 Å². The van der Waals surface area contributed by atoms with Crippen molar-refractivity contribution in [1.82, 2.24) is 0 Å². The lowest BCUT2D eigenvalue weighted by atomic mass is 10.3. The first-order chi connectivity index (χ1) is 8.90. The summed E-state index contributed by atoms with van der Waals surface area (Å²) in [4.78, 5) is -0.512. The standard InChI is InChI=1S/C12H10ClFN2O2S/c13-10-5-2-6-11(12(10)14)19(17,18)16-9-4-1-3-8(15)7-9/h1-7,16H,15H2. The SMILES string of the molecule is Nc1cccc(NS(=O)(=O)c2cccc(Cl)c2F)c1. The smallest absolute Gasteiger partial charge is 0.264 e. The van der Waals surface area contributed by atoms with Crippen molar-refractivity contribution in [2.24, 2.45) is 0 Å². The van der Waals surface area contributed by atoms with Crippen molar-refractivity contribution in [3.63, 3.8) is 0 Å². The van der Waals surface area contributed by atoms with Gasteiger partial charge in [-0.05, 0) is 30.3 Å². The number of hydrogen-bond donors (Lipinski definition) is 2. The first kappa shape index (κ1) is 13.6. The summed E-state index contributed by atoms with van der Waals surface area (Å²) < 4.78 is 40.0. The largest absolute Gasteiger partial charge is 0.399 e. The number of sulfonamides is 1. The minimum absolute atomic E-state index is 0.249. The molecule has 0 aromatic heterocycles. The summed E-state index contributed by atoms with van der Waals surface area (Å²) in [5.41, 5.74) is 6.18. The van der Waals surface area contributed by atoms with E-state index in [1.54, 1.807) is 12.1 Å². The third-order valence-electron chi connectivity index (χ3n) is 2.34. The van der Waals surface area contributed by atoms with Crippen LogP contribution in [0.1, 0.15) is 0 Å². The van der Waals surface area contributed by atoms with E-state index in [4.69, 9.17) is 17.3 Å². The normalized spacial score (nSPS) is 11.3. The molecule has 7 heteroatoms. The Labute approximate surface area is 115 Å². The molecule has 0 heterocycles. The summed E-state index contributed by atoms with van der Waals surface area (Å²) in [7, 11) is -4.05. The molecule has 100 valence electrons. The van der Waals surface area contributed by atoms with E-state index in [-0.39, 0.29) is 10.7 Å². The molecule has 2 aromatic rings. The van der Waals surface area contributed by atoms with Crippen LogP contribution in [0, 0.1) is 5.82 Å². The van der Waals surface area contributed by atoms with Gasteiger partial charge >= 0.3 is 0 Å². The predicted molar refractivity (Wildman–Crippen MR) is 73.1 cm³/mol. The van der Waals surface area contributed by atoms with Gasteiger partial charge < -0.3 is 5.73 Å². The van der Waals surface area contributed by atoms with E-state index in [1.165, 1.54) is 24.3 Å². The van der Waals surface area contributed by atoms with Crippen molar-refractivity contribution < 1.29 is 12.8 Å². The van der Waals surface area contributed by atoms with Crippen molar-refractivity contribution in [3.05, 3.63) is 53.3 Å². The molecule has 0 radical (unpaired) electrons. The number of rotatable bonds is 3. The lowest BCUT2D eigenvalue weighted by Gasteiger charge is -2.09. The van der Waals surface area contributed by atoms with Crippen molar-refractivity contribution >= 4 is 33.0 Å². The number of anilines is 2. The van der Waals surface area contributed by atoms with Crippen molar-refractivity contribution in [3.8, 4) is 0 Å². The maximum absolute atomic E-state index is 13.7. The number of nitrogens with one attached hydrogen (secondary N) is 1. The zero-order chi connectivity index (χ0) is 14.0. The summed E-state index contributed by atoms with van der Waals surface area (Å²) in [6.45, 7) is 0. The zero-order valence-electron chi connectivity index (χ0n) is 9.60. The van der Waals surface area contributed by atoms with Gasteiger partial charge in [0, 0.05) is 5.69 Å². The fourth-order valence-electron chi connectivity index (χ4n) is 1.50. The van der Waals surface area contributed by atoms with E-state index in [1.807, 2.05) is 0 Å². The second-order valence-electron chi connectivity index (χ2n) is 3.78. The minimum Gasteiger partial charge on any atom is -0.399 e. The van der Waals surface area contributed by atoms with E-state index >= 15 is 0 Å². The number of hydrogen-bond acceptors (Lipinski definition) is 3. The van der Waals surface area contributed by atoms with E-state index in [0.717, 1.165) is 6.07 Å². The van der Waals surface area contributed by atoms with Gasteiger partial charge in [-0.25, -0.2) is 12.8 Å². The Morgan fingerprint density at radius 3 is 2.53 bits per heavy atom. The number of benzene rings is 2. The van der Waals surface area contributed by atoms with Crippen LogP contribution in [-0.4, -0.2) is 8.42 Å². The first-order valence-electron chi connectivity index (χ1n) is 5.22. The molecule has 0 aliphatic rings. The fraction of sp³-hybridized carbons (Fsp3) is 0. The van der Waals surface area contributed by atoms with Crippen LogP contribution in [0.5, 0.6) is 0 Å².